The smallest absolute Gasteiger partial charge is 0.257 e. The second-order valence-corrected chi connectivity index (χ2v) is 6.98. The van der Waals surface area contributed by atoms with Crippen LogP contribution in [0.5, 0.6) is 0 Å². The maximum Gasteiger partial charge on any atom is 0.257 e. The Hall–Kier alpha value is -0.760. The molecule has 7 heteroatoms. The van der Waals surface area contributed by atoms with Crippen LogP contribution in [0.25, 0.3) is 10.8 Å². The average molecular weight is 344 g/mol. The van der Waals surface area contributed by atoms with E-state index in [9.17, 15) is 0 Å². The SMILES string of the molecule is C[C@@H]1CN(Cc2nnc(-c3ccc(Br)s3)o2)CCO1. The molecule has 0 radical (unpaired) electrons. The van der Waals surface area contributed by atoms with Gasteiger partial charge in [-0.25, -0.2) is 0 Å². The van der Waals surface area contributed by atoms with Gasteiger partial charge >= 0.3 is 0 Å². The predicted octanol–water partition coefficient (Wildman–Crippen LogP) is 2.78. The maximum atomic E-state index is 5.71. The molecule has 0 aromatic carbocycles. The highest BCUT2D eigenvalue weighted by atomic mass is 79.9. The van der Waals surface area contributed by atoms with Crippen molar-refractivity contribution in [3.63, 3.8) is 0 Å². The first kappa shape index (κ1) is 13.2. The number of nitrogens with zero attached hydrogens (tertiary/aromatic N) is 3. The third kappa shape index (κ3) is 3.22. The molecule has 1 aliphatic heterocycles. The Kier molecular flexibility index (Phi) is 3.97. The summed E-state index contributed by atoms with van der Waals surface area (Å²) in [6, 6.07) is 3.95. The number of hydrogen-bond acceptors (Lipinski definition) is 6. The van der Waals surface area contributed by atoms with Crippen molar-refractivity contribution in [1.82, 2.24) is 15.1 Å². The highest BCUT2D eigenvalue weighted by Crippen LogP contribution is 2.30. The van der Waals surface area contributed by atoms with Crippen molar-refractivity contribution in [3.8, 4) is 10.8 Å². The van der Waals surface area contributed by atoms with Crippen molar-refractivity contribution in [2.75, 3.05) is 19.7 Å². The molecular formula is C12H14BrN3O2S. The summed E-state index contributed by atoms with van der Waals surface area (Å²) in [7, 11) is 0. The Bertz CT molecular complexity index is 557. The quantitative estimate of drug-likeness (QED) is 0.857. The number of hydrogen-bond donors (Lipinski definition) is 0. The normalized spacial score (nSPS) is 20.8. The Morgan fingerprint density at radius 1 is 1.47 bits per heavy atom. The van der Waals surface area contributed by atoms with Crippen LogP contribution in [0.1, 0.15) is 12.8 Å². The van der Waals surface area contributed by atoms with Crippen molar-refractivity contribution in [1.29, 1.82) is 0 Å². The first-order valence-corrected chi connectivity index (χ1v) is 7.74. The van der Waals surface area contributed by atoms with E-state index in [-0.39, 0.29) is 6.10 Å². The summed E-state index contributed by atoms with van der Waals surface area (Å²) in [4.78, 5) is 3.26. The number of halogens is 1. The maximum absolute atomic E-state index is 5.71. The van der Waals surface area contributed by atoms with Crippen LogP contribution >= 0.6 is 27.3 Å². The molecule has 0 saturated carbocycles. The molecule has 102 valence electrons. The van der Waals surface area contributed by atoms with Crippen molar-refractivity contribution >= 4 is 27.3 Å². The van der Waals surface area contributed by atoms with E-state index in [4.69, 9.17) is 9.15 Å². The first-order chi connectivity index (χ1) is 9.20. The lowest BCUT2D eigenvalue weighted by atomic mass is 10.3. The van der Waals surface area contributed by atoms with Gasteiger partial charge in [-0.2, -0.15) is 0 Å². The Balaban J connectivity index is 1.68. The van der Waals surface area contributed by atoms with Crippen LogP contribution in [-0.2, 0) is 11.3 Å². The lowest BCUT2D eigenvalue weighted by molar-refractivity contribution is -0.0235. The minimum Gasteiger partial charge on any atom is -0.419 e. The lowest BCUT2D eigenvalue weighted by Crippen LogP contribution is -2.40. The summed E-state index contributed by atoms with van der Waals surface area (Å²) < 4.78 is 12.3. The van der Waals surface area contributed by atoms with Crippen molar-refractivity contribution in [3.05, 3.63) is 21.8 Å². The molecule has 0 amide bonds. The van der Waals surface area contributed by atoms with Gasteiger partial charge in [0.25, 0.3) is 5.89 Å². The van der Waals surface area contributed by atoms with E-state index in [2.05, 4.69) is 38.0 Å². The van der Waals surface area contributed by atoms with Crippen LogP contribution in [0, 0.1) is 0 Å². The minimum atomic E-state index is 0.268. The molecule has 3 rings (SSSR count). The molecule has 1 aliphatic rings. The van der Waals surface area contributed by atoms with Gasteiger partial charge in [-0.1, -0.05) is 0 Å². The first-order valence-electron chi connectivity index (χ1n) is 6.13. The zero-order valence-corrected chi connectivity index (χ0v) is 12.9. The van der Waals surface area contributed by atoms with E-state index in [0.29, 0.717) is 18.3 Å². The molecule has 5 nitrogen and oxygen atoms in total. The highest BCUT2D eigenvalue weighted by molar-refractivity contribution is 9.11. The predicted molar refractivity (Wildman–Crippen MR) is 76.0 cm³/mol. The average Bonchev–Trinajstić information content (AvgIpc) is 2.98. The number of thiophene rings is 1. The van der Waals surface area contributed by atoms with Gasteiger partial charge in [-0.3, -0.25) is 4.90 Å². The van der Waals surface area contributed by atoms with Crippen LogP contribution in [0.4, 0.5) is 0 Å². The zero-order valence-electron chi connectivity index (χ0n) is 10.5. The van der Waals surface area contributed by atoms with E-state index in [0.717, 1.165) is 28.4 Å². The van der Waals surface area contributed by atoms with Crippen LogP contribution in [0.15, 0.2) is 20.3 Å². The molecule has 1 saturated heterocycles. The van der Waals surface area contributed by atoms with E-state index in [1.807, 2.05) is 12.1 Å². The van der Waals surface area contributed by atoms with Gasteiger partial charge in [0.2, 0.25) is 5.89 Å². The largest absolute Gasteiger partial charge is 0.419 e. The highest BCUT2D eigenvalue weighted by Gasteiger charge is 2.19. The molecule has 0 N–H and O–H groups in total. The molecule has 0 unspecified atom stereocenters. The molecule has 0 aliphatic carbocycles. The Morgan fingerprint density at radius 2 is 2.37 bits per heavy atom. The van der Waals surface area contributed by atoms with Crippen LogP contribution in [0.3, 0.4) is 0 Å². The number of ether oxygens (including phenoxy) is 1. The fourth-order valence-corrected chi connectivity index (χ4v) is 3.38. The molecule has 0 spiro atoms. The lowest BCUT2D eigenvalue weighted by Gasteiger charge is -2.29. The third-order valence-electron chi connectivity index (χ3n) is 2.93. The molecule has 2 aromatic heterocycles. The minimum absolute atomic E-state index is 0.268. The summed E-state index contributed by atoms with van der Waals surface area (Å²) in [5, 5.41) is 8.21. The number of rotatable bonds is 3. The Morgan fingerprint density at radius 3 is 3.11 bits per heavy atom. The van der Waals surface area contributed by atoms with Crippen molar-refractivity contribution in [2.45, 2.75) is 19.6 Å². The van der Waals surface area contributed by atoms with Crippen molar-refractivity contribution in [2.24, 2.45) is 0 Å². The van der Waals surface area contributed by atoms with Gasteiger partial charge in [0.05, 0.1) is 27.9 Å². The number of aromatic nitrogens is 2. The van der Waals surface area contributed by atoms with Gasteiger partial charge in [-0.15, -0.1) is 21.5 Å². The molecule has 1 atom stereocenters. The summed E-state index contributed by atoms with van der Waals surface area (Å²) in [6.45, 7) is 5.34. The van der Waals surface area contributed by atoms with Crippen LogP contribution in [-0.4, -0.2) is 40.9 Å². The third-order valence-corrected chi connectivity index (χ3v) is 4.55. The topological polar surface area (TPSA) is 51.4 Å². The van der Waals surface area contributed by atoms with E-state index >= 15 is 0 Å². The summed E-state index contributed by atoms with van der Waals surface area (Å²) in [5.74, 6) is 1.25. The fourth-order valence-electron chi connectivity index (χ4n) is 2.07. The van der Waals surface area contributed by atoms with Gasteiger partial charge in [0.15, 0.2) is 0 Å². The van der Waals surface area contributed by atoms with E-state index < -0.39 is 0 Å². The standard InChI is InChI=1S/C12H14BrN3O2S/c1-8-6-16(4-5-17-8)7-11-14-15-12(18-11)9-2-3-10(13)19-9/h2-3,8H,4-7H2,1H3/t8-/m1/s1. The Labute approximate surface area is 123 Å². The summed E-state index contributed by atoms with van der Waals surface area (Å²) >= 11 is 5.02. The van der Waals surface area contributed by atoms with Crippen LogP contribution in [0.2, 0.25) is 0 Å². The number of morpholine rings is 1. The zero-order chi connectivity index (χ0) is 13.2. The summed E-state index contributed by atoms with van der Waals surface area (Å²) in [5.41, 5.74) is 0. The van der Waals surface area contributed by atoms with Gasteiger partial charge in [0, 0.05) is 13.1 Å². The molecular weight excluding hydrogens is 330 g/mol. The van der Waals surface area contributed by atoms with E-state index in [1.165, 1.54) is 0 Å². The summed E-state index contributed by atoms with van der Waals surface area (Å²) in [6.07, 6.45) is 0.268. The molecule has 19 heavy (non-hydrogen) atoms. The fraction of sp³-hybridized carbons (Fsp3) is 0.500. The van der Waals surface area contributed by atoms with Gasteiger partial charge in [-0.05, 0) is 35.0 Å². The second-order valence-electron chi connectivity index (χ2n) is 4.52. The second kappa shape index (κ2) is 5.70. The van der Waals surface area contributed by atoms with Gasteiger partial charge in [0.1, 0.15) is 0 Å². The van der Waals surface area contributed by atoms with Gasteiger partial charge < -0.3 is 9.15 Å². The molecule has 0 bridgehead atoms. The molecule has 1 fully saturated rings. The van der Waals surface area contributed by atoms with Crippen molar-refractivity contribution < 1.29 is 9.15 Å². The van der Waals surface area contributed by atoms with E-state index in [1.54, 1.807) is 11.3 Å². The monoisotopic (exact) mass is 343 g/mol. The molecule has 2 aromatic rings. The van der Waals surface area contributed by atoms with Crippen LogP contribution < -0.4 is 0 Å². The molecule has 3 heterocycles.